The zero-order valence-electron chi connectivity index (χ0n) is 24.0. The number of nitrogens with one attached hydrogen (secondary N) is 1. The Hall–Kier alpha value is -4.65. The number of rotatable bonds is 11. The summed E-state index contributed by atoms with van der Waals surface area (Å²) in [4.78, 5) is 32.0. The van der Waals surface area contributed by atoms with E-state index in [2.05, 4.69) is 29.3 Å². The Balaban J connectivity index is 1.44. The number of nitrogens with zero attached hydrogens (tertiary/aromatic N) is 2. The molecule has 0 fully saturated rings. The molecule has 42 heavy (non-hydrogen) atoms. The summed E-state index contributed by atoms with van der Waals surface area (Å²) in [7, 11) is 1.60. The van der Waals surface area contributed by atoms with Crippen LogP contribution in [0.2, 0.25) is 0 Å². The van der Waals surface area contributed by atoms with Gasteiger partial charge in [0, 0.05) is 37.4 Å². The van der Waals surface area contributed by atoms with Gasteiger partial charge in [0.25, 0.3) is 5.91 Å². The first-order valence-corrected chi connectivity index (χ1v) is 14.4. The van der Waals surface area contributed by atoms with E-state index in [0.717, 1.165) is 36.3 Å². The summed E-state index contributed by atoms with van der Waals surface area (Å²) in [6, 6.07) is 30.6. The lowest BCUT2D eigenvalue weighted by molar-refractivity contribution is -0.124. The highest BCUT2D eigenvalue weighted by molar-refractivity contribution is 6.01. The maximum Gasteiger partial charge on any atom is 0.255 e. The molecule has 0 unspecified atom stereocenters. The highest BCUT2D eigenvalue weighted by atomic mass is 19.1. The molecule has 2 amide bonds. The Morgan fingerprint density at radius 2 is 1.62 bits per heavy atom. The van der Waals surface area contributed by atoms with Crippen molar-refractivity contribution in [2.45, 2.75) is 31.8 Å². The molecule has 2 atom stereocenters. The maximum atomic E-state index is 14.1. The van der Waals surface area contributed by atoms with E-state index in [1.54, 1.807) is 30.2 Å². The fraction of sp³-hybridized carbons (Fsp3) is 0.257. The largest absolute Gasteiger partial charge is 0.497 e. The lowest BCUT2D eigenvalue weighted by Crippen LogP contribution is -2.47. The first kappa shape index (κ1) is 28.9. The number of anilines is 1. The smallest absolute Gasteiger partial charge is 0.255 e. The van der Waals surface area contributed by atoms with Crippen LogP contribution in [0.3, 0.4) is 0 Å². The SMILES string of the molecule is CCN(CCCNC(=O)[C@H]1c2ccccc2C(=O)N(Cc2ccc(F)cc2)[C@@H]1c1ccc(OC)cc1)c1ccccc1. The molecule has 1 heterocycles. The van der Waals surface area contributed by atoms with Gasteiger partial charge in [-0.1, -0.05) is 60.7 Å². The molecule has 4 aromatic rings. The normalized spacial score (nSPS) is 16.1. The van der Waals surface area contributed by atoms with Crippen LogP contribution in [0.15, 0.2) is 103 Å². The molecule has 1 aliphatic heterocycles. The number of halogens is 1. The molecular weight excluding hydrogens is 529 g/mol. The minimum Gasteiger partial charge on any atom is -0.497 e. The lowest BCUT2D eigenvalue weighted by atomic mass is 9.79. The number of carbonyl (C=O) groups is 2. The van der Waals surface area contributed by atoms with Gasteiger partial charge in [-0.15, -0.1) is 0 Å². The fourth-order valence-electron chi connectivity index (χ4n) is 5.71. The number of methoxy groups -OCH3 is 1. The summed E-state index contributed by atoms with van der Waals surface area (Å²) in [5.74, 6) is -0.591. The van der Waals surface area contributed by atoms with Gasteiger partial charge in [-0.2, -0.15) is 0 Å². The van der Waals surface area contributed by atoms with Crippen molar-refractivity contribution in [3.05, 3.63) is 131 Å². The van der Waals surface area contributed by atoms with E-state index in [4.69, 9.17) is 4.74 Å². The molecule has 0 aliphatic carbocycles. The van der Waals surface area contributed by atoms with Crippen LogP contribution in [0.1, 0.15) is 52.4 Å². The molecule has 0 saturated carbocycles. The fourth-order valence-corrected chi connectivity index (χ4v) is 5.71. The van der Waals surface area contributed by atoms with E-state index in [-0.39, 0.29) is 24.2 Å². The second kappa shape index (κ2) is 13.3. The summed E-state index contributed by atoms with van der Waals surface area (Å²) in [5.41, 5.74) is 3.97. The summed E-state index contributed by atoms with van der Waals surface area (Å²) in [6.07, 6.45) is 0.772. The number of ether oxygens (including phenoxy) is 1. The standard InChI is InChI=1S/C35H36FN3O3/c1-3-38(28-10-5-4-6-11-28)23-9-22-37-34(40)32-30-12-7-8-13-31(30)35(41)39(24-25-14-18-27(36)19-15-25)33(32)26-16-20-29(42-2)21-17-26/h4-8,10-21,32-33H,3,9,22-24H2,1-2H3,(H,37,40)/t32-,33+/m0/s1. The lowest BCUT2D eigenvalue weighted by Gasteiger charge is -2.42. The van der Waals surface area contributed by atoms with Crippen LogP contribution in [-0.4, -0.2) is 43.5 Å². The highest BCUT2D eigenvalue weighted by Gasteiger charge is 2.44. The van der Waals surface area contributed by atoms with E-state index >= 15 is 0 Å². The van der Waals surface area contributed by atoms with Crippen molar-refractivity contribution in [3.8, 4) is 5.75 Å². The molecule has 0 bridgehead atoms. The number of fused-ring (bicyclic) bond motifs is 1. The number of benzene rings is 4. The topological polar surface area (TPSA) is 61.9 Å². The van der Waals surface area contributed by atoms with Gasteiger partial charge < -0.3 is 19.9 Å². The van der Waals surface area contributed by atoms with Gasteiger partial charge in [-0.05, 0) is 72.5 Å². The quantitative estimate of drug-likeness (QED) is 0.215. The number of carbonyl (C=O) groups excluding carboxylic acids is 2. The molecule has 0 spiro atoms. The van der Waals surface area contributed by atoms with E-state index in [1.165, 1.54) is 12.1 Å². The molecule has 4 aromatic carbocycles. The zero-order valence-corrected chi connectivity index (χ0v) is 24.0. The average Bonchev–Trinajstić information content (AvgIpc) is 3.03. The Kier molecular flexibility index (Phi) is 9.17. The molecule has 1 aliphatic rings. The summed E-state index contributed by atoms with van der Waals surface area (Å²) >= 11 is 0. The van der Waals surface area contributed by atoms with Crippen LogP contribution in [0.5, 0.6) is 5.75 Å². The van der Waals surface area contributed by atoms with Crippen molar-refractivity contribution >= 4 is 17.5 Å². The van der Waals surface area contributed by atoms with Crippen LogP contribution >= 0.6 is 0 Å². The van der Waals surface area contributed by atoms with Gasteiger partial charge >= 0.3 is 0 Å². The van der Waals surface area contributed by atoms with E-state index in [0.29, 0.717) is 23.4 Å². The average molecular weight is 566 g/mol. The predicted octanol–water partition coefficient (Wildman–Crippen LogP) is 6.35. The number of hydrogen-bond donors (Lipinski definition) is 1. The maximum absolute atomic E-state index is 14.1. The Morgan fingerprint density at radius 1 is 0.929 bits per heavy atom. The summed E-state index contributed by atoms with van der Waals surface area (Å²) < 4.78 is 19.1. The molecule has 7 heteroatoms. The third-order valence-electron chi connectivity index (χ3n) is 7.85. The third-order valence-corrected chi connectivity index (χ3v) is 7.85. The van der Waals surface area contributed by atoms with E-state index in [9.17, 15) is 14.0 Å². The Bertz CT molecular complexity index is 1490. The van der Waals surface area contributed by atoms with Crippen LogP contribution in [-0.2, 0) is 11.3 Å². The van der Waals surface area contributed by atoms with Crippen molar-refractivity contribution < 1.29 is 18.7 Å². The zero-order chi connectivity index (χ0) is 29.5. The van der Waals surface area contributed by atoms with Gasteiger partial charge in [0.05, 0.1) is 19.1 Å². The van der Waals surface area contributed by atoms with Crippen LogP contribution in [0.25, 0.3) is 0 Å². The van der Waals surface area contributed by atoms with Crippen molar-refractivity contribution in [1.82, 2.24) is 10.2 Å². The highest BCUT2D eigenvalue weighted by Crippen LogP contribution is 2.44. The molecule has 0 aromatic heterocycles. The van der Waals surface area contributed by atoms with E-state index < -0.39 is 12.0 Å². The Labute approximate surface area is 246 Å². The van der Waals surface area contributed by atoms with Crippen molar-refractivity contribution in [2.75, 3.05) is 31.6 Å². The minimum absolute atomic E-state index is 0.136. The molecule has 0 saturated heterocycles. The first-order valence-electron chi connectivity index (χ1n) is 14.4. The Morgan fingerprint density at radius 3 is 2.31 bits per heavy atom. The second-order valence-corrected chi connectivity index (χ2v) is 10.4. The van der Waals surface area contributed by atoms with Crippen molar-refractivity contribution in [1.29, 1.82) is 0 Å². The third kappa shape index (κ3) is 6.30. The monoisotopic (exact) mass is 565 g/mol. The second-order valence-electron chi connectivity index (χ2n) is 10.4. The molecule has 216 valence electrons. The van der Waals surface area contributed by atoms with Crippen LogP contribution in [0.4, 0.5) is 10.1 Å². The molecule has 0 radical (unpaired) electrons. The van der Waals surface area contributed by atoms with Crippen molar-refractivity contribution in [2.24, 2.45) is 0 Å². The molecule has 6 nitrogen and oxygen atoms in total. The summed E-state index contributed by atoms with van der Waals surface area (Å²) in [6.45, 7) is 4.53. The number of hydrogen-bond acceptors (Lipinski definition) is 4. The van der Waals surface area contributed by atoms with Gasteiger partial charge in [-0.25, -0.2) is 4.39 Å². The number of para-hydroxylation sites is 1. The van der Waals surface area contributed by atoms with Gasteiger partial charge in [0.2, 0.25) is 5.91 Å². The van der Waals surface area contributed by atoms with Gasteiger partial charge in [0.1, 0.15) is 11.6 Å². The minimum atomic E-state index is -0.635. The van der Waals surface area contributed by atoms with Crippen LogP contribution < -0.4 is 15.0 Å². The van der Waals surface area contributed by atoms with Crippen molar-refractivity contribution in [3.63, 3.8) is 0 Å². The number of amides is 2. The van der Waals surface area contributed by atoms with Crippen LogP contribution in [0, 0.1) is 5.82 Å². The van der Waals surface area contributed by atoms with Gasteiger partial charge in [-0.3, -0.25) is 9.59 Å². The predicted molar refractivity (Wildman–Crippen MR) is 163 cm³/mol. The molecule has 1 N–H and O–H groups in total. The van der Waals surface area contributed by atoms with Gasteiger partial charge in [0.15, 0.2) is 0 Å². The molecule has 5 rings (SSSR count). The summed E-state index contributed by atoms with van der Waals surface area (Å²) in [5, 5.41) is 3.18. The first-order chi connectivity index (χ1) is 20.5. The van der Waals surface area contributed by atoms with E-state index in [1.807, 2.05) is 60.7 Å². The molecular formula is C35H36FN3O3.